The largest absolute Gasteiger partial charge is 0.444 e. The molecule has 1 amide bonds. The van der Waals surface area contributed by atoms with Crippen LogP contribution in [0.2, 0.25) is 0 Å². The number of carbonyl (C=O) groups is 1. The zero-order valence-electron chi connectivity index (χ0n) is 9.67. The molecule has 82 valence electrons. The maximum Gasteiger partial charge on any atom is 0.410 e. The monoisotopic (exact) mass is 199 g/mol. The summed E-state index contributed by atoms with van der Waals surface area (Å²) in [4.78, 5) is 13.2. The lowest BCUT2D eigenvalue weighted by Gasteiger charge is -2.21. The minimum Gasteiger partial charge on any atom is -0.444 e. The molecule has 3 nitrogen and oxygen atoms in total. The molecule has 1 saturated heterocycles. The lowest BCUT2D eigenvalue weighted by atomic mass is 9.92. The third kappa shape index (κ3) is 3.20. The van der Waals surface area contributed by atoms with Crippen LogP contribution in [0, 0.1) is 5.41 Å². The topological polar surface area (TPSA) is 29.5 Å². The van der Waals surface area contributed by atoms with Gasteiger partial charge >= 0.3 is 6.09 Å². The second-order valence-electron chi connectivity index (χ2n) is 5.17. The Balaban J connectivity index is 2.36. The third-order valence-corrected chi connectivity index (χ3v) is 2.54. The van der Waals surface area contributed by atoms with E-state index in [0.717, 1.165) is 25.9 Å². The molecule has 1 rings (SSSR count). The Hall–Kier alpha value is -0.730. The average molecular weight is 199 g/mol. The molecule has 0 aliphatic carbocycles. The van der Waals surface area contributed by atoms with E-state index in [9.17, 15) is 4.79 Å². The molecule has 0 N–H and O–H groups in total. The van der Waals surface area contributed by atoms with E-state index in [2.05, 4.69) is 20.8 Å². The number of hydrogen-bond donors (Lipinski definition) is 0. The van der Waals surface area contributed by atoms with Gasteiger partial charge in [-0.25, -0.2) is 4.79 Å². The average Bonchev–Trinajstić information content (AvgIpc) is 2.42. The normalized spacial score (nSPS) is 22.7. The van der Waals surface area contributed by atoms with Gasteiger partial charge in [0.05, 0.1) is 6.54 Å². The van der Waals surface area contributed by atoms with Gasteiger partial charge in [-0.15, -0.1) is 0 Å². The highest BCUT2D eigenvalue weighted by Crippen LogP contribution is 2.21. The Kier molecular flexibility index (Phi) is 3.40. The summed E-state index contributed by atoms with van der Waals surface area (Å²) in [6.45, 7) is 10.2. The number of rotatable bonds is 3. The quantitative estimate of drug-likeness (QED) is 0.699. The zero-order chi connectivity index (χ0) is 10.8. The van der Waals surface area contributed by atoms with Crippen molar-refractivity contribution in [2.75, 3.05) is 13.1 Å². The Labute approximate surface area is 86.4 Å². The van der Waals surface area contributed by atoms with Gasteiger partial charge in [0, 0.05) is 6.54 Å². The maximum absolute atomic E-state index is 11.4. The van der Waals surface area contributed by atoms with Crippen LogP contribution in [0.1, 0.15) is 40.5 Å². The van der Waals surface area contributed by atoms with Crippen LogP contribution in [0.25, 0.3) is 0 Å². The molecule has 3 heteroatoms. The zero-order valence-corrected chi connectivity index (χ0v) is 9.67. The molecule has 1 fully saturated rings. The molecule has 1 aliphatic heterocycles. The van der Waals surface area contributed by atoms with E-state index in [0.29, 0.717) is 0 Å². The summed E-state index contributed by atoms with van der Waals surface area (Å²) >= 11 is 0. The van der Waals surface area contributed by atoms with Gasteiger partial charge in [-0.3, -0.25) is 0 Å². The van der Waals surface area contributed by atoms with Crippen LogP contribution in [-0.2, 0) is 4.74 Å². The van der Waals surface area contributed by atoms with E-state index >= 15 is 0 Å². The predicted octanol–water partition coefficient (Wildman–Crippen LogP) is 2.65. The van der Waals surface area contributed by atoms with Crippen molar-refractivity contribution in [2.45, 2.75) is 46.6 Å². The maximum atomic E-state index is 11.4. The number of carbonyl (C=O) groups excluding carboxylic acids is 1. The first-order chi connectivity index (χ1) is 6.42. The van der Waals surface area contributed by atoms with Gasteiger partial charge in [0.15, 0.2) is 0 Å². The standard InChI is InChI=1S/C11H21NO2/c1-5-9-8-12(10(13)14-9)7-6-11(2,3)4/h9H,5-8H2,1-4H3. The second-order valence-corrected chi connectivity index (χ2v) is 5.17. The highest BCUT2D eigenvalue weighted by molar-refractivity contribution is 5.69. The molecule has 1 atom stereocenters. The van der Waals surface area contributed by atoms with Crippen LogP contribution in [0.5, 0.6) is 0 Å². The fraction of sp³-hybridized carbons (Fsp3) is 0.909. The lowest BCUT2D eigenvalue weighted by Crippen LogP contribution is -2.28. The van der Waals surface area contributed by atoms with E-state index in [4.69, 9.17) is 4.74 Å². The van der Waals surface area contributed by atoms with Crippen molar-refractivity contribution in [1.82, 2.24) is 4.90 Å². The van der Waals surface area contributed by atoms with Crippen LogP contribution in [0.4, 0.5) is 4.79 Å². The fourth-order valence-electron chi connectivity index (χ4n) is 1.44. The van der Waals surface area contributed by atoms with Crippen molar-refractivity contribution < 1.29 is 9.53 Å². The summed E-state index contributed by atoms with van der Waals surface area (Å²) in [5.74, 6) is 0. The summed E-state index contributed by atoms with van der Waals surface area (Å²) < 4.78 is 5.18. The van der Waals surface area contributed by atoms with Crippen molar-refractivity contribution in [3.05, 3.63) is 0 Å². The summed E-state index contributed by atoms with van der Waals surface area (Å²) in [7, 11) is 0. The molecule has 0 saturated carbocycles. The van der Waals surface area contributed by atoms with Crippen LogP contribution in [0.15, 0.2) is 0 Å². The van der Waals surface area contributed by atoms with Crippen LogP contribution in [-0.4, -0.2) is 30.2 Å². The first-order valence-electron chi connectivity index (χ1n) is 5.38. The molecular formula is C11H21NO2. The highest BCUT2D eigenvalue weighted by Gasteiger charge is 2.30. The molecule has 1 aliphatic rings. The van der Waals surface area contributed by atoms with Crippen LogP contribution >= 0.6 is 0 Å². The van der Waals surface area contributed by atoms with Crippen LogP contribution < -0.4 is 0 Å². The number of nitrogens with zero attached hydrogens (tertiary/aromatic N) is 1. The number of hydrogen-bond acceptors (Lipinski definition) is 2. The molecule has 0 spiro atoms. The molecule has 14 heavy (non-hydrogen) atoms. The van der Waals surface area contributed by atoms with Crippen molar-refractivity contribution >= 4 is 6.09 Å². The minimum absolute atomic E-state index is 0.113. The smallest absolute Gasteiger partial charge is 0.410 e. The van der Waals surface area contributed by atoms with E-state index in [-0.39, 0.29) is 17.6 Å². The summed E-state index contributed by atoms with van der Waals surface area (Å²) in [6.07, 6.45) is 1.92. The van der Waals surface area contributed by atoms with Crippen molar-refractivity contribution in [3.8, 4) is 0 Å². The van der Waals surface area contributed by atoms with Crippen molar-refractivity contribution in [3.63, 3.8) is 0 Å². The Morgan fingerprint density at radius 3 is 2.57 bits per heavy atom. The lowest BCUT2D eigenvalue weighted by molar-refractivity contribution is 0.129. The first kappa shape index (κ1) is 11.3. The predicted molar refractivity (Wildman–Crippen MR) is 56.2 cm³/mol. The molecule has 0 aromatic carbocycles. The summed E-state index contributed by atoms with van der Waals surface area (Å²) in [5, 5.41) is 0. The molecular weight excluding hydrogens is 178 g/mol. The molecule has 1 heterocycles. The van der Waals surface area contributed by atoms with E-state index in [1.807, 2.05) is 11.8 Å². The van der Waals surface area contributed by atoms with E-state index in [1.165, 1.54) is 0 Å². The van der Waals surface area contributed by atoms with Crippen LogP contribution in [0.3, 0.4) is 0 Å². The summed E-state index contributed by atoms with van der Waals surface area (Å²) in [6, 6.07) is 0. The van der Waals surface area contributed by atoms with Gasteiger partial charge < -0.3 is 9.64 Å². The minimum atomic E-state index is -0.138. The molecule has 0 bridgehead atoms. The van der Waals surface area contributed by atoms with Crippen molar-refractivity contribution in [2.24, 2.45) is 5.41 Å². The molecule has 1 unspecified atom stereocenters. The first-order valence-corrected chi connectivity index (χ1v) is 5.38. The van der Waals surface area contributed by atoms with Gasteiger partial charge in [0.25, 0.3) is 0 Å². The third-order valence-electron chi connectivity index (χ3n) is 2.54. The van der Waals surface area contributed by atoms with Gasteiger partial charge in [-0.05, 0) is 18.3 Å². The molecule has 0 aromatic rings. The van der Waals surface area contributed by atoms with Gasteiger partial charge in [0.2, 0.25) is 0 Å². The molecule has 0 aromatic heterocycles. The summed E-state index contributed by atoms with van der Waals surface area (Å²) in [5.41, 5.74) is 0.282. The van der Waals surface area contributed by atoms with E-state index in [1.54, 1.807) is 0 Å². The van der Waals surface area contributed by atoms with Crippen molar-refractivity contribution in [1.29, 1.82) is 0 Å². The molecule has 0 radical (unpaired) electrons. The van der Waals surface area contributed by atoms with Gasteiger partial charge in [-0.2, -0.15) is 0 Å². The number of cyclic esters (lactones) is 1. The SMILES string of the molecule is CCC1CN(CCC(C)(C)C)C(=O)O1. The second kappa shape index (κ2) is 4.20. The Morgan fingerprint density at radius 2 is 2.14 bits per heavy atom. The van der Waals surface area contributed by atoms with Gasteiger partial charge in [-0.1, -0.05) is 27.7 Å². The number of ether oxygens (including phenoxy) is 1. The van der Waals surface area contributed by atoms with Gasteiger partial charge in [0.1, 0.15) is 6.10 Å². The highest BCUT2D eigenvalue weighted by atomic mass is 16.6. The van der Waals surface area contributed by atoms with E-state index < -0.39 is 0 Å². The Morgan fingerprint density at radius 1 is 1.50 bits per heavy atom. The fourth-order valence-corrected chi connectivity index (χ4v) is 1.44. The Bertz CT molecular complexity index is 208. The number of amides is 1.